The van der Waals surface area contributed by atoms with Crippen molar-refractivity contribution >= 4 is 32.7 Å². The van der Waals surface area contributed by atoms with E-state index >= 15 is 0 Å². The molecule has 2 heterocycles. The first-order valence-corrected chi connectivity index (χ1v) is 6.46. The zero-order chi connectivity index (χ0) is 14.3. The summed E-state index contributed by atoms with van der Waals surface area (Å²) in [6, 6.07) is 8.83. The largest absolute Gasteiger partial charge is 0.382 e. The molecule has 0 atom stereocenters. The van der Waals surface area contributed by atoms with Crippen LogP contribution in [0.4, 0.5) is 5.82 Å². The Morgan fingerprint density at radius 1 is 1.40 bits per heavy atom. The van der Waals surface area contributed by atoms with E-state index in [0.717, 1.165) is 9.86 Å². The number of benzene rings is 1. The lowest BCUT2D eigenvalue weighted by Gasteiger charge is -2.08. The molecular formula is C13H8BrN5O. The Labute approximate surface area is 121 Å². The lowest BCUT2D eigenvalue weighted by molar-refractivity contribution is 0.895. The molecule has 20 heavy (non-hydrogen) atoms. The maximum absolute atomic E-state index is 11.7. The Hall–Kier alpha value is -2.59. The van der Waals surface area contributed by atoms with Gasteiger partial charge in [0.1, 0.15) is 17.5 Å². The highest BCUT2D eigenvalue weighted by molar-refractivity contribution is 9.10. The third-order valence-corrected chi connectivity index (χ3v) is 3.43. The lowest BCUT2D eigenvalue weighted by Crippen LogP contribution is -2.10. The van der Waals surface area contributed by atoms with Crippen molar-refractivity contribution in [3.8, 4) is 11.8 Å². The summed E-state index contributed by atoms with van der Waals surface area (Å²) in [6.07, 6.45) is 1.38. The molecule has 0 aliphatic carbocycles. The number of anilines is 1. The Kier molecular flexibility index (Phi) is 2.80. The summed E-state index contributed by atoms with van der Waals surface area (Å²) >= 11 is 3.39. The summed E-state index contributed by atoms with van der Waals surface area (Å²) < 4.78 is 2.26. The van der Waals surface area contributed by atoms with Crippen LogP contribution in [0.5, 0.6) is 0 Å². The number of hydrogen-bond acceptors (Lipinski definition) is 4. The van der Waals surface area contributed by atoms with Crippen LogP contribution in [0.15, 0.2) is 39.7 Å². The zero-order valence-electron chi connectivity index (χ0n) is 10.1. The standard InChI is InChI=1S/C13H8BrN5O/c14-8-1-2-10-9(3-8)11(4-12(20)18-10)19-13(16)7(5-15)6-17-19/h1-4,6H,16H2,(H,18,20). The van der Waals surface area contributed by atoms with Gasteiger partial charge in [0.05, 0.1) is 17.4 Å². The second kappa shape index (κ2) is 4.51. The number of nitrogens with one attached hydrogen (secondary N) is 1. The van der Waals surface area contributed by atoms with Gasteiger partial charge in [-0.05, 0) is 18.2 Å². The summed E-state index contributed by atoms with van der Waals surface area (Å²) in [5, 5.41) is 13.8. The van der Waals surface area contributed by atoms with Crippen LogP contribution in [0.25, 0.3) is 16.6 Å². The number of nitrogens with zero attached hydrogens (tertiary/aromatic N) is 3. The van der Waals surface area contributed by atoms with Crippen molar-refractivity contribution in [2.75, 3.05) is 5.73 Å². The van der Waals surface area contributed by atoms with Crippen molar-refractivity contribution in [3.05, 3.63) is 50.9 Å². The fourth-order valence-corrected chi connectivity index (χ4v) is 2.38. The SMILES string of the molecule is N#Cc1cnn(-c2cc(=O)[nH]c3ccc(Br)cc23)c1N. The van der Waals surface area contributed by atoms with E-state index in [1.807, 2.05) is 18.2 Å². The molecule has 0 bridgehead atoms. The third kappa shape index (κ3) is 1.87. The Morgan fingerprint density at radius 3 is 2.90 bits per heavy atom. The number of aromatic nitrogens is 3. The van der Waals surface area contributed by atoms with E-state index < -0.39 is 0 Å². The van der Waals surface area contributed by atoms with Crippen molar-refractivity contribution in [2.24, 2.45) is 0 Å². The predicted octanol–water partition coefficient (Wildman–Crippen LogP) is 1.93. The topological polar surface area (TPSA) is 100 Å². The van der Waals surface area contributed by atoms with Crippen molar-refractivity contribution in [1.29, 1.82) is 5.26 Å². The second-order valence-electron chi connectivity index (χ2n) is 4.18. The smallest absolute Gasteiger partial charge is 0.250 e. The summed E-state index contributed by atoms with van der Waals surface area (Å²) in [5.41, 5.74) is 7.09. The Morgan fingerprint density at radius 2 is 2.20 bits per heavy atom. The van der Waals surface area contributed by atoms with Gasteiger partial charge in [0, 0.05) is 15.9 Å². The maximum atomic E-state index is 11.7. The molecule has 3 N–H and O–H groups in total. The number of rotatable bonds is 1. The average molecular weight is 330 g/mol. The van der Waals surface area contributed by atoms with E-state index in [1.165, 1.54) is 16.9 Å². The minimum Gasteiger partial charge on any atom is -0.382 e. The molecule has 0 fully saturated rings. The van der Waals surface area contributed by atoms with Crippen molar-refractivity contribution < 1.29 is 0 Å². The van der Waals surface area contributed by atoms with Gasteiger partial charge in [0.15, 0.2) is 0 Å². The molecule has 3 rings (SSSR count). The van der Waals surface area contributed by atoms with Crippen molar-refractivity contribution in [2.45, 2.75) is 0 Å². The van der Waals surface area contributed by atoms with Gasteiger partial charge in [0.2, 0.25) is 0 Å². The molecular weight excluding hydrogens is 322 g/mol. The molecule has 0 amide bonds. The van der Waals surface area contributed by atoms with E-state index in [9.17, 15) is 4.79 Å². The predicted molar refractivity (Wildman–Crippen MR) is 78.5 cm³/mol. The van der Waals surface area contributed by atoms with Gasteiger partial charge in [-0.2, -0.15) is 10.4 Å². The van der Waals surface area contributed by atoms with E-state index in [2.05, 4.69) is 26.0 Å². The molecule has 2 aromatic heterocycles. The van der Waals surface area contributed by atoms with Crippen LogP contribution in [-0.2, 0) is 0 Å². The van der Waals surface area contributed by atoms with Crippen LogP contribution in [0.3, 0.4) is 0 Å². The number of nitrogen functional groups attached to an aromatic ring is 1. The van der Waals surface area contributed by atoms with E-state index in [1.54, 1.807) is 6.07 Å². The molecule has 0 aliphatic heterocycles. The molecule has 3 aromatic rings. The first kappa shape index (κ1) is 12.4. The summed E-state index contributed by atoms with van der Waals surface area (Å²) in [4.78, 5) is 14.5. The summed E-state index contributed by atoms with van der Waals surface area (Å²) in [7, 11) is 0. The number of pyridine rings is 1. The minimum atomic E-state index is -0.261. The molecule has 1 aromatic carbocycles. The van der Waals surface area contributed by atoms with Crippen LogP contribution >= 0.6 is 15.9 Å². The van der Waals surface area contributed by atoms with Gasteiger partial charge < -0.3 is 10.7 Å². The van der Waals surface area contributed by atoms with Crippen LogP contribution < -0.4 is 11.3 Å². The van der Waals surface area contributed by atoms with Gasteiger partial charge >= 0.3 is 0 Å². The lowest BCUT2D eigenvalue weighted by atomic mass is 10.2. The number of nitriles is 1. The first-order chi connectivity index (χ1) is 9.60. The van der Waals surface area contributed by atoms with E-state index in [0.29, 0.717) is 11.2 Å². The highest BCUT2D eigenvalue weighted by Gasteiger charge is 2.12. The normalized spacial score (nSPS) is 10.6. The van der Waals surface area contributed by atoms with Crippen molar-refractivity contribution in [1.82, 2.24) is 14.8 Å². The quantitative estimate of drug-likeness (QED) is 0.712. The van der Waals surface area contributed by atoms with Gasteiger partial charge in [0.25, 0.3) is 5.56 Å². The summed E-state index contributed by atoms with van der Waals surface area (Å²) in [6.45, 7) is 0. The minimum absolute atomic E-state index is 0.208. The van der Waals surface area contributed by atoms with Gasteiger partial charge in [-0.3, -0.25) is 4.79 Å². The van der Waals surface area contributed by atoms with Crippen LogP contribution in [0, 0.1) is 11.3 Å². The molecule has 0 aliphatic rings. The zero-order valence-corrected chi connectivity index (χ0v) is 11.7. The number of halogens is 1. The molecule has 7 heteroatoms. The Balaban J connectivity index is 2.41. The highest BCUT2D eigenvalue weighted by Crippen LogP contribution is 2.25. The fraction of sp³-hybridized carbons (Fsp3) is 0. The molecule has 0 spiro atoms. The first-order valence-electron chi connectivity index (χ1n) is 5.66. The second-order valence-corrected chi connectivity index (χ2v) is 5.09. The molecule has 0 saturated heterocycles. The summed E-state index contributed by atoms with van der Waals surface area (Å²) in [5.74, 6) is 0.208. The number of fused-ring (bicyclic) bond motifs is 1. The number of aromatic amines is 1. The highest BCUT2D eigenvalue weighted by atomic mass is 79.9. The van der Waals surface area contributed by atoms with Gasteiger partial charge in [-0.15, -0.1) is 0 Å². The Bertz CT molecular complexity index is 919. The third-order valence-electron chi connectivity index (χ3n) is 2.94. The van der Waals surface area contributed by atoms with Gasteiger partial charge in [-0.25, -0.2) is 4.68 Å². The molecule has 0 saturated carbocycles. The number of H-pyrrole nitrogens is 1. The average Bonchev–Trinajstić information content (AvgIpc) is 2.79. The molecule has 98 valence electrons. The van der Waals surface area contributed by atoms with Crippen molar-refractivity contribution in [3.63, 3.8) is 0 Å². The number of nitrogens with two attached hydrogens (primary N) is 1. The van der Waals surface area contributed by atoms with Crippen LogP contribution in [-0.4, -0.2) is 14.8 Å². The van der Waals surface area contributed by atoms with Crippen LogP contribution in [0.2, 0.25) is 0 Å². The van der Waals surface area contributed by atoms with Crippen LogP contribution in [0.1, 0.15) is 5.56 Å². The number of hydrogen-bond donors (Lipinski definition) is 2. The van der Waals surface area contributed by atoms with E-state index in [-0.39, 0.29) is 16.9 Å². The molecule has 6 nitrogen and oxygen atoms in total. The van der Waals surface area contributed by atoms with E-state index in [4.69, 9.17) is 11.0 Å². The maximum Gasteiger partial charge on any atom is 0.250 e. The molecule has 0 unspecified atom stereocenters. The monoisotopic (exact) mass is 329 g/mol. The van der Waals surface area contributed by atoms with Gasteiger partial charge in [-0.1, -0.05) is 15.9 Å². The molecule has 0 radical (unpaired) electrons. The fourth-order valence-electron chi connectivity index (χ4n) is 2.02.